The van der Waals surface area contributed by atoms with Crippen molar-refractivity contribution in [1.82, 2.24) is 0 Å². The van der Waals surface area contributed by atoms with Crippen molar-refractivity contribution in [1.29, 1.82) is 0 Å². The molecule has 122 valence electrons. The van der Waals surface area contributed by atoms with Crippen LogP contribution in [0.2, 0.25) is 0 Å². The smallest absolute Gasteiger partial charge is 0.351 e. The quantitative estimate of drug-likeness (QED) is 0.745. The molecule has 3 rings (SSSR count). The summed E-state index contributed by atoms with van der Waals surface area (Å²) in [5.41, 5.74) is 2.49. The van der Waals surface area contributed by atoms with Gasteiger partial charge in [-0.05, 0) is 36.2 Å². The maximum atomic E-state index is 11.7. The maximum absolute atomic E-state index is 11.7. The van der Waals surface area contributed by atoms with Crippen LogP contribution in [0.4, 0.5) is 5.69 Å². The molecule has 0 spiro atoms. The number of hydrogen-bond donors (Lipinski definition) is 1. The van der Waals surface area contributed by atoms with Crippen LogP contribution in [-0.2, 0) is 6.54 Å². The van der Waals surface area contributed by atoms with Gasteiger partial charge in [0.05, 0.1) is 0 Å². The monoisotopic (exact) mass is 323 g/mol. The fraction of sp³-hybridized carbons (Fsp3) is 0.158. The van der Waals surface area contributed by atoms with Crippen LogP contribution in [-0.4, -0.2) is 18.1 Å². The van der Waals surface area contributed by atoms with Crippen molar-refractivity contribution in [2.24, 2.45) is 0 Å². The third kappa shape index (κ3) is 3.01. The standard InChI is InChI=1S/C19H17NO4/c1-12-5-3-4-6-14(12)11-20(2)15-8-7-13-9-16(18(21)22)19(23)24-17(13)10-15/h3-10H,11H2,1-2H3,(H,21,22). The van der Waals surface area contributed by atoms with Gasteiger partial charge in [-0.1, -0.05) is 24.3 Å². The molecule has 0 bridgehead atoms. The summed E-state index contributed by atoms with van der Waals surface area (Å²) in [5, 5.41) is 9.57. The van der Waals surface area contributed by atoms with Gasteiger partial charge in [-0.3, -0.25) is 0 Å². The van der Waals surface area contributed by atoms with Gasteiger partial charge in [-0.25, -0.2) is 9.59 Å². The highest BCUT2D eigenvalue weighted by atomic mass is 16.4. The molecular weight excluding hydrogens is 306 g/mol. The van der Waals surface area contributed by atoms with E-state index in [-0.39, 0.29) is 5.56 Å². The van der Waals surface area contributed by atoms with E-state index in [9.17, 15) is 9.59 Å². The summed E-state index contributed by atoms with van der Waals surface area (Å²) in [6.07, 6.45) is 0. The van der Waals surface area contributed by atoms with Gasteiger partial charge in [0, 0.05) is 30.7 Å². The van der Waals surface area contributed by atoms with E-state index in [1.54, 1.807) is 12.1 Å². The summed E-state index contributed by atoms with van der Waals surface area (Å²) in [6, 6.07) is 14.9. The first-order chi connectivity index (χ1) is 11.5. The zero-order valence-electron chi connectivity index (χ0n) is 13.4. The molecule has 0 aliphatic carbocycles. The fourth-order valence-corrected chi connectivity index (χ4v) is 2.62. The number of hydrogen-bond acceptors (Lipinski definition) is 4. The Bertz CT molecular complexity index is 975. The van der Waals surface area contributed by atoms with Crippen molar-refractivity contribution in [2.75, 3.05) is 11.9 Å². The highest BCUT2D eigenvalue weighted by Crippen LogP contribution is 2.23. The molecule has 0 aliphatic heterocycles. The molecule has 5 nitrogen and oxygen atoms in total. The van der Waals surface area contributed by atoms with E-state index in [1.807, 2.05) is 30.1 Å². The van der Waals surface area contributed by atoms with E-state index in [2.05, 4.69) is 19.1 Å². The number of aryl methyl sites for hydroxylation is 1. The van der Waals surface area contributed by atoms with Crippen LogP contribution in [0.5, 0.6) is 0 Å². The Balaban J connectivity index is 1.96. The van der Waals surface area contributed by atoms with Gasteiger partial charge >= 0.3 is 11.6 Å². The van der Waals surface area contributed by atoms with Crippen molar-refractivity contribution >= 4 is 22.6 Å². The maximum Gasteiger partial charge on any atom is 0.351 e. The normalized spacial score (nSPS) is 10.8. The first-order valence-corrected chi connectivity index (χ1v) is 7.52. The lowest BCUT2D eigenvalue weighted by molar-refractivity contribution is 0.0692. The highest BCUT2D eigenvalue weighted by molar-refractivity contribution is 5.92. The van der Waals surface area contributed by atoms with Crippen LogP contribution in [0.3, 0.4) is 0 Å². The minimum absolute atomic E-state index is 0.358. The van der Waals surface area contributed by atoms with Crippen molar-refractivity contribution < 1.29 is 14.3 Å². The molecule has 0 amide bonds. The molecular formula is C19H17NO4. The number of carboxylic acid groups (broad SMARTS) is 1. The molecule has 2 aromatic carbocycles. The van der Waals surface area contributed by atoms with Gasteiger partial charge in [0.25, 0.3) is 0 Å². The predicted octanol–water partition coefficient (Wildman–Crippen LogP) is 3.44. The second kappa shape index (κ2) is 6.20. The zero-order chi connectivity index (χ0) is 17.3. The minimum atomic E-state index is -1.29. The van der Waals surface area contributed by atoms with Gasteiger partial charge in [-0.2, -0.15) is 0 Å². The number of carboxylic acids is 1. The Kier molecular flexibility index (Phi) is 4.08. The van der Waals surface area contributed by atoms with E-state index < -0.39 is 11.6 Å². The number of carbonyl (C=O) groups is 1. The minimum Gasteiger partial charge on any atom is -0.477 e. The second-order valence-electron chi connectivity index (χ2n) is 5.76. The van der Waals surface area contributed by atoms with E-state index in [0.717, 1.165) is 12.2 Å². The van der Waals surface area contributed by atoms with Gasteiger partial charge in [0.15, 0.2) is 0 Å². The highest BCUT2D eigenvalue weighted by Gasteiger charge is 2.13. The Morgan fingerprint density at radius 2 is 1.92 bits per heavy atom. The SMILES string of the molecule is Cc1ccccc1CN(C)c1ccc2cc(C(=O)O)c(=O)oc2c1. The fourth-order valence-electron chi connectivity index (χ4n) is 2.62. The van der Waals surface area contributed by atoms with Crippen LogP contribution >= 0.6 is 0 Å². The number of nitrogens with zero attached hydrogens (tertiary/aromatic N) is 1. The molecule has 0 radical (unpaired) electrons. The lowest BCUT2D eigenvalue weighted by Gasteiger charge is -2.20. The van der Waals surface area contributed by atoms with Crippen LogP contribution in [0.15, 0.2) is 57.7 Å². The number of aromatic carboxylic acids is 1. The third-order valence-electron chi connectivity index (χ3n) is 4.06. The van der Waals surface area contributed by atoms with E-state index in [0.29, 0.717) is 11.0 Å². The summed E-state index contributed by atoms with van der Waals surface area (Å²) in [6.45, 7) is 2.78. The summed E-state index contributed by atoms with van der Waals surface area (Å²) in [4.78, 5) is 24.8. The number of benzene rings is 2. The molecule has 5 heteroatoms. The topological polar surface area (TPSA) is 70.8 Å². The Labute approximate surface area is 138 Å². The molecule has 0 saturated carbocycles. The zero-order valence-corrected chi connectivity index (χ0v) is 13.4. The van der Waals surface area contributed by atoms with Crippen molar-refractivity contribution in [2.45, 2.75) is 13.5 Å². The van der Waals surface area contributed by atoms with E-state index in [4.69, 9.17) is 9.52 Å². The largest absolute Gasteiger partial charge is 0.477 e. The molecule has 1 N–H and O–H groups in total. The van der Waals surface area contributed by atoms with Crippen LogP contribution in [0, 0.1) is 6.92 Å². The van der Waals surface area contributed by atoms with Crippen LogP contribution in [0.25, 0.3) is 11.0 Å². The van der Waals surface area contributed by atoms with Crippen LogP contribution in [0.1, 0.15) is 21.5 Å². The summed E-state index contributed by atoms with van der Waals surface area (Å²) >= 11 is 0. The van der Waals surface area contributed by atoms with Crippen molar-refractivity contribution in [3.05, 3.63) is 75.6 Å². The molecule has 0 saturated heterocycles. The molecule has 0 aliphatic rings. The number of anilines is 1. The third-order valence-corrected chi connectivity index (χ3v) is 4.06. The molecule has 1 aromatic heterocycles. The molecule has 24 heavy (non-hydrogen) atoms. The summed E-state index contributed by atoms with van der Waals surface area (Å²) in [7, 11) is 1.96. The molecule has 0 atom stereocenters. The van der Waals surface area contributed by atoms with Crippen LogP contribution < -0.4 is 10.5 Å². The van der Waals surface area contributed by atoms with Gasteiger partial charge in [0.2, 0.25) is 0 Å². The average molecular weight is 323 g/mol. The first kappa shape index (κ1) is 15.8. The summed E-state index contributed by atoms with van der Waals surface area (Å²) < 4.78 is 5.16. The molecule has 0 unspecified atom stereocenters. The Morgan fingerprint density at radius 3 is 2.62 bits per heavy atom. The Morgan fingerprint density at radius 1 is 1.17 bits per heavy atom. The predicted molar refractivity (Wildman–Crippen MR) is 92.7 cm³/mol. The number of rotatable bonds is 4. The van der Waals surface area contributed by atoms with E-state index in [1.165, 1.54) is 17.2 Å². The Hall–Kier alpha value is -3.08. The first-order valence-electron chi connectivity index (χ1n) is 7.52. The molecule has 1 heterocycles. The lowest BCUT2D eigenvalue weighted by atomic mass is 10.1. The van der Waals surface area contributed by atoms with Gasteiger partial charge in [-0.15, -0.1) is 0 Å². The van der Waals surface area contributed by atoms with Crippen molar-refractivity contribution in [3.63, 3.8) is 0 Å². The van der Waals surface area contributed by atoms with Gasteiger partial charge in [0.1, 0.15) is 11.1 Å². The molecule has 0 fully saturated rings. The second-order valence-corrected chi connectivity index (χ2v) is 5.76. The summed E-state index contributed by atoms with van der Waals surface area (Å²) in [5.74, 6) is -1.29. The number of fused-ring (bicyclic) bond motifs is 1. The molecule has 3 aromatic rings. The average Bonchev–Trinajstić information content (AvgIpc) is 2.55. The van der Waals surface area contributed by atoms with E-state index >= 15 is 0 Å². The van der Waals surface area contributed by atoms with Crippen molar-refractivity contribution in [3.8, 4) is 0 Å². The lowest BCUT2D eigenvalue weighted by Crippen LogP contribution is -2.17. The van der Waals surface area contributed by atoms with Gasteiger partial charge < -0.3 is 14.4 Å².